The van der Waals surface area contributed by atoms with Gasteiger partial charge in [0.25, 0.3) is 0 Å². The van der Waals surface area contributed by atoms with E-state index in [0.29, 0.717) is 0 Å². The van der Waals surface area contributed by atoms with E-state index >= 15 is 0 Å². The number of hydrogen-bond donors (Lipinski definition) is 2. The zero-order valence-electron chi connectivity index (χ0n) is 15.3. The van der Waals surface area contributed by atoms with Gasteiger partial charge in [-0.2, -0.15) is 0 Å². The summed E-state index contributed by atoms with van der Waals surface area (Å²) in [5.74, 6) is -0.520. The first-order chi connectivity index (χ1) is 13.7. The summed E-state index contributed by atoms with van der Waals surface area (Å²) in [6.45, 7) is 1.51. The maximum Gasteiger partial charge on any atom is 0.325 e. The molecule has 0 spiro atoms. The number of fused-ring (bicyclic) bond motifs is 2. The minimum absolute atomic E-state index is 0.276. The summed E-state index contributed by atoms with van der Waals surface area (Å²) in [5.41, 5.74) is 2.85. The molecule has 1 saturated heterocycles. The van der Waals surface area contributed by atoms with E-state index in [0.717, 1.165) is 52.9 Å². The van der Waals surface area contributed by atoms with Crippen LogP contribution in [0.1, 0.15) is 35.4 Å². The Morgan fingerprint density at radius 3 is 2.89 bits per heavy atom. The van der Waals surface area contributed by atoms with E-state index < -0.39 is 12.0 Å². The number of likely N-dealkylation sites (tertiary alicyclic amines) is 1. The number of thiazole rings is 1. The predicted octanol–water partition coefficient (Wildman–Crippen LogP) is 4.78. The van der Waals surface area contributed by atoms with E-state index in [1.165, 1.54) is 4.70 Å². The highest BCUT2D eigenvalue weighted by Crippen LogP contribution is 2.37. The Morgan fingerprint density at radius 1 is 1.21 bits per heavy atom. The number of hydrogen-bond acceptors (Lipinski definition) is 4. The van der Waals surface area contributed by atoms with Crippen molar-refractivity contribution in [1.82, 2.24) is 14.9 Å². The van der Waals surface area contributed by atoms with Crippen molar-refractivity contribution in [3.63, 3.8) is 0 Å². The van der Waals surface area contributed by atoms with Crippen LogP contribution in [0.2, 0.25) is 0 Å². The maximum absolute atomic E-state index is 12.3. The molecule has 0 radical (unpaired) electrons. The van der Waals surface area contributed by atoms with Gasteiger partial charge >= 0.3 is 5.97 Å². The van der Waals surface area contributed by atoms with E-state index in [1.807, 2.05) is 48.7 Å². The normalized spacial score (nSPS) is 19.2. The molecule has 6 heteroatoms. The van der Waals surface area contributed by atoms with Crippen molar-refractivity contribution in [2.24, 2.45) is 0 Å². The minimum atomic E-state index is -0.797. The first-order valence-corrected chi connectivity index (χ1v) is 10.4. The van der Waals surface area contributed by atoms with Crippen LogP contribution >= 0.6 is 11.3 Å². The topological polar surface area (TPSA) is 69.2 Å². The molecule has 3 heterocycles. The Hall–Kier alpha value is -2.70. The maximum atomic E-state index is 12.3. The van der Waals surface area contributed by atoms with Gasteiger partial charge in [-0.25, -0.2) is 4.98 Å². The highest BCUT2D eigenvalue weighted by Gasteiger charge is 2.34. The van der Waals surface area contributed by atoms with Crippen LogP contribution in [-0.2, 0) is 4.79 Å². The number of aromatic amines is 1. The average Bonchev–Trinajstić information content (AvgIpc) is 3.33. The first-order valence-electron chi connectivity index (χ1n) is 9.59. The van der Waals surface area contributed by atoms with Crippen LogP contribution in [0.3, 0.4) is 0 Å². The lowest BCUT2D eigenvalue weighted by Crippen LogP contribution is -2.40. The van der Waals surface area contributed by atoms with Crippen molar-refractivity contribution >= 4 is 38.4 Å². The second kappa shape index (κ2) is 7.04. The van der Waals surface area contributed by atoms with Crippen LogP contribution in [0.15, 0.2) is 54.7 Å². The molecule has 1 aliphatic heterocycles. The fourth-order valence-corrected chi connectivity index (χ4v) is 5.41. The second-order valence-corrected chi connectivity index (χ2v) is 8.45. The summed E-state index contributed by atoms with van der Waals surface area (Å²) in [7, 11) is 0. The summed E-state index contributed by atoms with van der Waals surface area (Å²) >= 11 is 1.73. The molecule has 142 valence electrons. The number of carboxylic acids is 1. The van der Waals surface area contributed by atoms with Gasteiger partial charge in [-0.1, -0.05) is 30.3 Å². The number of H-pyrrole nitrogens is 1. The Kier molecular flexibility index (Phi) is 4.37. The van der Waals surface area contributed by atoms with E-state index in [-0.39, 0.29) is 5.92 Å². The molecule has 28 heavy (non-hydrogen) atoms. The number of aliphatic carboxylic acids is 1. The molecule has 0 unspecified atom stereocenters. The van der Waals surface area contributed by atoms with E-state index in [2.05, 4.69) is 16.0 Å². The van der Waals surface area contributed by atoms with Gasteiger partial charge in [0.05, 0.1) is 15.2 Å². The molecule has 2 atom stereocenters. The van der Waals surface area contributed by atoms with Crippen LogP contribution in [0.5, 0.6) is 0 Å². The fraction of sp³-hybridized carbons (Fsp3) is 0.273. The van der Waals surface area contributed by atoms with Crippen molar-refractivity contribution < 1.29 is 9.90 Å². The van der Waals surface area contributed by atoms with Gasteiger partial charge < -0.3 is 10.1 Å². The summed E-state index contributed by atoms with van der Waals surface area (Å²) in [4.78, 5) is 22.4. The molecule has 1 aliphatic rings. The average molecular weight is 391 g/mol. The second-order valence-electron chi connectivity index (χ2n) is 7.38. The zero-order valence-corrected chi connectivity index (χ0v) is 16.2. The number of rotatable bonds is 4. The van der Waals surface area contributed by atoms with Crippen LogP contribution in [0.25, 0.3) is 21.1 Å². The van der Waals surface area contributed by atoms with E-state index in [4.69, 9.17) is 4.98 Å². The molecule has 0 bridgehead atoms. The minimum Gasteiger partial charge on any atom is -0.480 e. The van der Waals surface area contributed by atoms with Crippen molar-refractivity contribution in [3.8, 4) is 0 Å². The van der Waals surface area contributed by atoms with Crippen molar-refractivity contribution in [1.29, 1.82) is 0 Å². The van der Waals surface area contributed by atoms with Crippen LogP contribution in [0.4, 0.5) is 0 Å². The van der Waals surface area contributed by atoms with Gasteiger partial charge in [-0.05, 0) is 37.6 Å². The Morgan fingerprint density at radius 2 is 2.04 bits per heavy atom. The van der Waals surface area contributed by atoms with Crippen LogP contribution < -0.4 is 0 Å². The Balaban J connectivity index is 1.47. The van der Waals surface area contributed by atoms with Gasteiger partial charge in [0.1, 0.15) is 6.04 Å². The molecule has 0 amide bonds. The van der Waals surface area contributed by atoms with Gasteiger partial charge in [0.2, 0.25) is 0 Å². The summed E-state index contributed by atoms with van der Waals surface area (Å²) in [6.07, 6.45) is 3.88. The third-order valence-electron chi connectivity index (χ3n) is 5.63. The lowest BCUT2D eigenvalue weighted by atomic mass is 9.95. The molecule has 5 nitrogen and oxygen atoms in total. The number of nitrogens with one attached hydrogen (secondary N) is 1. The largest absolute Gasteiger partial charge is 0.480 e. The van der Waals surface area contributed by atoms with Gasteiger partial charge in [0.15, 0.2) is 0 Å². The number of para-hydroxylation sites is 2. The smallest absolute Gasteiger partial charge is 0.325 e. The molecule has 5 rings (SSSR count). The van der Waals surface area contributed by atoms with E-state index in [1.54, 1.807) is 11.3 Å². The fourth-order valence-electron chi connectivity index (χ4n) is 4.31. The van der Waals surface area contributed by atoms with Gasteiger partial charge in [-0.15, -0.1) is 11.3 Å². The SMILES string of the molecule is O=C(O)[C@H](c1c[nH]c2ccccc12)N1CCC[C@H](c2nc3ccccc3s2)C1. The number of nitrogens with zero attached hydrogens (tertiary/aromatic N) is 2. The number of benzene rings is 2. The lowest BCUT2D eigenvalue weighted by Gasteiger charge is -2.35. The van der Waals surface area contributed by atoms with Crippen LogP contribution in [-0.4, -0.2) is 39.0 Å². The third kappa shape index (κ3) is 2.99. The van der Waals surface area contributed by atoms with Crippen molar-refractivity contribution in [3.05, 3.63) is 65.3 Å². The predicted molar refractivity (Wildman–Crippen MR) is 112 cm³/mol. The molecular weight excluding hydrogens is 370 g/mol. The zero-order chi connectivity index (χ0) is 19.1. The molecule has 0 aliphatic carbocycles. The highest BCUT2D eigenvalue weighted by molar-refractivity contribution is 7.18. The van der Waals surface area contributed by atoms with Crippen molar-refractivity contribution in [2.45, 2.75) is 24.8 Å². The Labute approximate surface area is 166 Å². The molecule has 2 aromatic heterocycles. The molecular formula is C22H21N3O2S. The quantitative estimate of drug-likeness (QED) is 0.525. The molecule has 1 fully saturated rings. The molecule has 4 aromatic rings. The monoisotopic (exact) mass is 391 g/mol. The van der Waals surface area contributed by atoms with Crippen molar-refractivity contribution in [2.75, 3.05) is 13.1 Å². The summed E-state index contributed by atoms with van der Waals surface area (Å²) in [5, 5.41) is 12.2. The number of carbonyl (C=O) groups is 1. The highest BCUT2D eigenvalue weighted by atomic mass is 32.1. The third-order valence-corrected chi connectivity index (χ3v) is 6.83. The Bertz CT molecular complexity index is 1120. The van der Waals surface area contributed by atoms with Crippen LogP contribution in [0, 0.1) is 0 Å². The van der Waals surface area contributed by atoms with E-state index in [9.17, 15) is 9.90 Å². The number of aromatic nitrogens is 2. The number of carboxylic acid groups (broad SMARTS) is 1. The summed E-state index contributed by atoms with van der Waals surface area (Å²) < 4.78 is 1.20. The lowest BCUT2D eigenvalue weighted by molar-refractivity contribution is -0.144. The number of piperidine rings is 1. The standard InChI is InChI=1S/C22H21N3O2S/c26-22(27)20(16-12-23-17-8-2-1-7-15(16)17)25-11-5-6-14(13-25)21-24-18-9-3-4-10-19(18)28-21/h1-4,7-10,12,14,20,23H,5-6,11,13H2,(H,26,27)/t14-,20-/m0/s1. The molecule has 2 N–H and O–H groups in total. The van der Waals surface area contributed by atoms with Gasteiger partial charge in [0, 0.05) is 35.1 Å². The summed E-state index contributed by atoms with van der Waals surface area (Å²) in [6, 6.07) is 15.4. The molecule has 0 saturated carbocycles. The van der Waals surface area contributed by atoms with Gasteiger partial charge in [-0.3, -0.25) is 9.69 Å². The molecule has 2 aromatic carbocycles. The first kappa shape index (κ1) is 17.4.